The van der Waals surface area contributed by atoms with Crippen LogP contribution in [0.25, 0.3) is 0 Å². The Hall–Kier alpha value is -1.82. The van der Waals surface area contributed by atoms with Gasteiger partial charge in [-0.1, -0.05) is 0 Å². The van der Waals surface area contributed by atoms with E-state index in [1.165, 1.54) is 4.57 Å². The van der Waals surface area contributed by atoms with Crippen LogP contribution in [0.1, 0.15) is 10.5 Å². The van der Waals surface area contributed by atoms with E-state index in [4.69, 9.17) is 10.8 Å². The van der Waals surface area contributed by atoms with Crippen molar-refractivity contribution in [1.82, 2.24) is 9.88 Å². The number of carbonyl (C=O) groups is 2. The second kappa shape index (κ2) is 5.16. The van der Waals surface area contributed by atoms with Gasteiger partial charge in [0, 0.05) is 19.3 Å². The molecule has 1 amide bonds. The molecule has 0 spiro atoms. The Morgan fingerprint density at radius 1 is 1.53 bits per heavy atom. The summed E-state index contributed by atoms with van der Waals surface area (Å²) in [6, 6.07) is 3.19. The van der Waals surface area contributed by atoms with Crippen LogP contribution in [0.15, 0.2) is 18.3 Å². The van der Waals surface area contributed by atoms with Gasteiger partial charge >= 0.3 is 5.97 Å². The van der Waals surface area contributed by atoms with Crippen LogP contribution in [0.2, 0.25) is 0 Å². The first kappa shape index (κ1) is 11.3. The molecule has 82 valence electrons. The zero-order chi connectivity index (χ0) is 11.3. The highest BCUT2D eigenvalue weighted by Gasteiger charge is 2.11. The van der Waals surface area contributed by atoms with Gasteiger partial charge in [-0.05, 0) is 12.1 Å². The molecule has 0 atom stereocenters. The molecule has 0 aliphatic carbocycles. The van der Waals surface area contributed by atoms with E-state index >= 15 is 0 Å². The molecular weight excluding hydrogens is 198 g/mol. The predicted octanol–water partition coefficient (Wildman–Crippen LogP) is -0.739. The van der Waals surface area contributed by atoms with Gasteiger partial charge in [0.05, 0.1) is 0 Å². The quantitative estimate of drug-likeness (QED) is 0.597. The Morgan fingerprint density at radius 3 is 2.87 bits per heavy atom. The van der Waals surface area contributed by atoms with Gasteiger partial charge in [0.25, 0.3) is 5.91 Å². The third-order valence-corrected chi connectivity index (χ3v) is 1.80. The third-order valence-electron chi connectivity index (χ3n) is 1.80. The number of amides is 1. The van der Waals surface area contributed by atoms with Gasteiger partial charge in [-0.2, -0.15) is 0 Å². The fourth-order valence-corrected chi connectivity index (χ4v) is 1.18. The molecule has 0 saturated carbocycles. The normalized spacial score (nSPS) is 9.93. The second-order valence-corrected chi connectivity index (χ2v) is 2.96. The van der Waals surface area contributed by atoms with E-state index in [9.17, 15) is 9.59 Å². The smallest absolute Gasteiger partial charge is 0.323 e. The molecule has 4 N–H and O–H groups in total. The fourth-order valence-electron chi connectivity index (χ4n) is 1.18. The van der Waals surface area contributed by atoms with Crippen molar-refractivity contribution in [1.29, 1.82) is 0 Å². The molecule has 0 bridgehead atoms. The summed E-state index contributed by atoms with van der Waals surface area (Å²) in [5.41, 5.74) is 5.56. The van der Waals surface area contributed by atoms with Crippen LogP contribution in [0.5, 0.6) is 0 Å². The molecule has 6 nitrogen and oxygen atoms in total. The second-order valence-electron chi connectivity index (χ2n) is 2.96. The maximum atomic E-state index is 11.5. The largest absolute Gasteiger partial charge is 0.480 e. The Balaban J connectivity index is 2.71. The molecule has 1 aromatic heterocycles. The van der Waals surface area contributed by atoms with Crippen LogP contribution < -0.4 is 11.1 Å². The minimum atomic E-state index is -0.987. The van der Waals surface area contributed by atoms with Crippen molar-refractivity contribution in [2.75, 3.05) is 13.1 Å². The lowest BCUT2D eigenvalue weighted by molar-refractivity contribution is -0.137. The third kappa shape index (κ3) is 3.10. The fraction of sp³-hybridized carbons (Fsp3) is 0.333. The Bertz CT molecular complexity index is 359. The molecule has 0 saturated heterocycles. The van der Waals surface area contributed by atoms with Crippen LogP contribution in [-0.2, 0) is 11.3 Å². The van der Waals surface area contributed by atoms with Gasteiger partial charge in [0.15, 0.2) is 0 Å². The van der Waals surface area contributed by atoms with E-state index in [1.54, 1.807) is 18.3 Å². The lowest BCUT2D eigenvalue weighted by atomic mass is 10.4. The number of carboxylic acid groups (broad SMARTS) is 1. The highest BCUT2D eigenvalue weighted by molar-refractivity contribution is 5.93. The number of aromatic nitrogens is 1. The molecule has 0 fully saturated rings. The Labute approximate surface area is 86.7 Å². The van der Waals surface area contributed by atoms with Crippen LogP contribution in [-0.4, -0.2) is 34.6 Å². The number of aliphatic carboxylic acids is 1. The highest BCUT2D eigenvalue weighted by Crippen LogP contribution is 2.01. The van der Waals surface area contributed by atoms with Crippen LogP contribution in [0, 0.1) is 0 Å². The number of carboxylic acids is 1. The summed E-state index contributed by atoms with van der Waals surface area (Å²) in [5, 5.41) is 11.2. The van der Waals surface area contributed by atoms with Crippen LogP contribution in [0.4, 0.5) is 0 Å². The van der Waals surface area contributed by atoms with Crippen molar-refractivity contribution < 1.29 is 14.7 Å². The SMILES string of the molecule is NCCNC(=O)c1cccn1CC(=O)O. The Morgan fingerprint density at radius 2 is 2.27 bits per heavy atom. The number of nitrogens with zero attached hydrogens (tertiary/aromatic N) is 1. The summed E-state index contributed by atoms with van der Waals surface area (Å²) in [6.07, 6.45) is 1.55. The molecule has 15 heavy (non-hydrogen) atoms. The van der Waals surface area contributed by atoms with Crippen molar-refractivity contribution in [3.05, 3.63) is 24.0 Å². The number of hydrogen-bond donors (Lipinski definition) is 3. The molecule has 1 heterocycles. The summed E-state index contributed by atoms with van der Waals surface area (Å²) in [5.74, 6) is -1.30. The highest BCUT2D eigenvalue weighted by atomic mass is 16.4. The van der Waals surface area contributed by atoms with E-state index < -0.39 is 5.97 Å². The summed E-state index contributed by atoms with van der Waals surface area (Å²) in [6.45, 7) is 0.501. The zero-order valence-electron chi connectivity index (χ0n) is 8.14. The zero-order valence-corrected chi connectivity index (χ0v) is 8.14. The summed E-state index contributed by atoms with van der Waals surface area (Å²) in [7, 11) is 0. The number of carbonyl (C=O) groups excluding carboxylic acids is 1. The molecule has 6 heteroatoms. The molecule has 0 radical (unpaired) electrons. The van der Waals surface area contributed by atoms with E-state index in [2.05, 4.69) is 5.32 Å². The van der Waals surface area contributed by atoms with Gasteiger partial charge in [0.1, 0.15) is 12.2 Å². The average molecular weight is 211 g/mol. The van der Waals surface area contributed by atoms with Gasteiger partial charge in [-0.3, -0.25) is 9.59 Å². The Kier molecular flexibility index (Phi) is 3.87. The van der Waals surface area contributed by atoms with Crippen molar-refractivity contribution in [2.24, 2.45) is 5.73 Å². The van der Waals surface area contributed by atoms with Crippen molar-refractivity contribution in [3.8, 4) is 0 Å². The van der Waals surface area contributed by atoms with Gasteiger partial charge in [-0.25, -0.2) is 0 Å². The van der Waals surface area contributed by atoms with Gasteiger partial charge < -0.3 is 20.7 Å². The first-order valence-corrected chi connectivity index (χ1v) is 4.50. The standard InChI is InChI=1S/C9H13N3O3/c10-3-4-11-9(15)7-2-1-5-12(7)6-8(13)14/h1-2,5H,3-4,6,10H2,(H,11,15)(H,13,14). The molecule has 0 aliphatic heterocycles. The molecule has 0 aromatic carbocycles. The van der Waals surface area contributed by atoms with E-state index in [0.717, 1.165) is 0 Å². The summed E-state index contributed by atoms with van der Waals surface area (Å²) < 4.78 is 1.37. The maximum Gasteiger partial charge on any atom is 0.323 e. The monoisotopic (exact) mass is 211 g/mol. The number of nitrogens with two attached hydrogens (primary N) is 1. The van der Waals surface area contributed by atoms with Crippen LogP contribution >= 0.6 is 0 Å². The van der Waals surface area contributed by atoms with Gasteiger partial charge in [0.2, 0.25) is 0 Å². The van der Waals surface area contributed by atoms with Crippen molar-refractivity contribution >= 4 is 11.9 Å². The summed E-state index contributed by atoms with van der Waals surface area (Å²) in [4.78, 5) is 22.0. The lowest BCUT2D eigenvalue weighted by Gasteiger charge is -2.06. The maximum absolute atomic E-state index is 11.5. The summed E-state index contributed by atoms with van der Waals surface area (Å²) >= 11 is 0. The van der Waals surface area contributed by atoms with Crippen molar-refractivity contribution in [3.63, 3.8) is 0 Å². The minimum Gasteiger partial charge on any atom is -0.480 e. The molecule has 0 aliphatic rings. The van der Waals surface area contributed by atoms with E-state index in [0.29, 0.717) is 18.8 Å². The lowest BCUT2D eigenvalue weighted by Crippen LogP contribution is -2.31. The average Bonchev–Trinajstić information content (AvgIpc) is 2.61. The number of rotatable bonds is 5. The molecule has 1 aromatic rings. The predicted molar refractivity (Wildman–Crippen MR) is 53.5 cm³/mol. The van der Waals surface area contributed by atoms with Gasteiger partial charge in [-0.15, -0.1) is 0 Å². The molecular formula is C9H13N3O3. The van der Waals surface area contributed by atoms with E-state index in [-0.39, 0.29) is 12.5 Å². The number of hydrogen-bond acceptors (Lipinski definition) is 3. The van der Waals surface area contributed by atoms with E-state index in [1.807, 2.05) is 0 Å². The molecule has 0 unspecified atom stereocenters. The van der Waals surface area contributed by atoms with Crippen molar-refractivity contribution in [2.45, 2.75) is 6.54 Å². The van der Waals surface area contributed by atoms with Crippen LogP contribution in [0.3, 0.4) is 0 Å². The molecule has 1 rings (SSSR count). The minimum absolute atomic E-state index is 0.224. The topological polar surface area (TPSA) is 97.4 Å². The number of nitrogens with one attached hydrogen (secondary N) is 1. The first-order valence-electron chi connectivity index (χ1n) is 4.50. The first-order chi connectivity index (χ1) is 7.15.